The van der Waals surface area contributed by atoms with Crippen molar-refractivity contribution in [3.8, 4) is 0 Å². The first-order valence-corrected chi connectivity index (χ1v) is 7.17. The standard InChI is InChI=1S/C17H14N6/c18-23-11-20-22-17(23)21-19-10-16-14-7-3-1-5-12(14)9-13-6-2-4-8-15(13)16/h1-11H,18H2,(H,21,22)/b19-10-. The summed E-state index contributed by atoms with van der Waals surface area (Å²) in [5, 5.41) is 16.4. The van der Waals surface area contributed by atoms with Gasteiger partial charge >= 0.3 is 0 Å². The molecule has 0 fully saturated rings. The van der Waals surface area contributed by atoms with Gasteiger partial charge in [0.1, 0.15) is 6.33 Å². The van der Waals surface area contributed by atoms with Gasteiger partial charge in [0.2, 0.25) is 0 Å². The molecule has 1 heterocycles. The molecule has 0 aliphatic heterocycles. The van der Waals surface area contributed by atoms with Crippen LogP contribution in [0.3, 0.4) is 0 Å². The lowest BCUT2D eigenvalue weighted by Crippen LogP contribution is -2.10. The Morgan fingerprint density at radius 1 is 1.00 bits per heavy atom. The van der Waals surface area contributed by atoms with E-state index in [9.17, 15) is 0 Å². The number of anilines is 1. The summed E-state index contributed by atoms with van der Waals surface area (Å²) < 4.78 is 1.28. The van der Waals surface area contributed by atoms with Gasteiger partial charge in [-0.05, 0) is 27.6 Å². The van der Waals surface area contributed by atoms with Crippen molar-refractivity contribution in [2.24, 2.45) is 5.10 Å². The number of hydrogen-bond acceptors (Lipinski definition) is 5. The van der Waals surface area contributed by atoms with Crippen molar-refractivity contribution in [1.29, 1.82) is 0 Å². The molecule has 0 aliphatic carbocycles. The van der Waals surface area contributed by atoms with Crippen LogP contribution in [-0.4, -0.2) is 21.1 Å². The molecule has 3 N–H and O–H groups in total. The van der Waals surface area contributed by atoms with Gasteiger partial charge in [-0.3, -0.25) is 0 Å². The second kappa shape index (κ2) is 5.42. The SMILES string of the molecule is Nn1cnnc1N/N=C\c1c2ccccc2cc2ccccc12. The lowest BCUT2D eigenvalue weighted by atomic mass is 9.97. The van der Waals surface area contributed by atoms with Gasteiger partial charge < -0.3 is 5.84 Å². The molecule has 4 aromatic rings. The van der Waals surface area contributed by atoms with Crippen LogP contribution < -0.4 is 11.3 Å². The molecule has 0 amide bonds. The first kappa shape index (κ1) is 13.3. The molecule has 0 bridgehead atoms. The molecule has 0 unspecified atom stereocenters. The minimum Gasteiger partial charge on any atom is -0.335 e. The average molecular weight is 302 g/mol. The molecule has 6 heteroatoms. The Kier molecular flexibility index (Phi) is 3.12. The minimum absolute atomic E-state index is 0.380. The van der Waals surface area contributed by atoms with Crippen LogP contribution in [-0.2, 0) is 0 Å². The molecule has 112 valence electrons. The van der Waals surface area contributed by atoms with Gasteiger partial charge in [-0.1, -0.05) is 48.5 Å². The third-order valence-electron chi connectivity index (χ3n) is 3.74. The van der Waals surface area contributed by atoms with Crippen molar-refractivity contribution in [1.82, 2.24) is 14.9 Å². The zero-order valence-electron chi connectivity index (χ0n) is 12.2. The van der Waals surface area contributed by atoms with E-state index in [1.165, 1.54) is 21.8 Å². The van der Waals surface area contributed by atoms with E-state index in [0.29, 0.717) is 5.95 Å². The average Bonchev–Trinajstić information content (AvgIpc) is 2.99. The summed E-state index contributed by atoms with van der Waals surface area (Å²) in [7, 11) is 0. The predicted molar refractivity (Wildman–Crippen MR) is 92.8 cm³/mol. The van der Waals surface area contributed by atoms with Crippen molar-refractivity contribution >= 4 is 33.7 Å². The summed E-state index contributed by atoms with van der Waals surface area (Å²) in [6.07, 6.45) is 3.20. The maximum absolute atomic E-state index is 5.66. The second-order valence-corrected chi connectivity index (χ2v) is 5.16. The molecule has 4 rings (SSSR count). The third-order valence-corrected chi connectivity index (χ3v) is 3.74. The van der Waals surface area contributed by atoms with E-state index in [1.807, 2.05) is 24.3 Å². The number of rotatable bonds is 3. The van der Waals surface area contributed by atoms with Crippen molar-refractivity contribution < 1.29 is 0 Å². The van der Waals surface area contributed by atoms with Gasteiger partial charge in [-0.2, -0.15) is 5.10 Å². The highest BCUT2D eigenvalue weighted by molar-refractivity contribution is 6.13. The largest absolute Gasteiger partial charge is 0.335 e. The van der Waals surface area contributed by atoms with Crippen LogP contribution >= 0.6 is 0 Å². The van der Waals surface area contributed by atoms with Crippen LogP contribution in [0, 0.1) is 0 Å². The highest BCUT2D eigenvalue weighted by Crippen LogP contribution is 2.27. The van der Waals surface area contributed by atoms with Crippen molar-refractivity contribution in [3.63, 3.8) is 0 Å². The Balaban J connectivity index is 1.84. The summed E-state index contributed by atoms with van der Waals surface area (Å²) >= 11 is 0. The summed E-state index contributed by atoms with van der Waals surface area (Å²) in [4.78, 5) is 0. The molecule has 0 spiro atoms. The van der Waals surface area contributed by atoms with E-state index >= 15 is 0 Å². The summed E-state index contributed by atoms with van der Waals surface area (Å²) in [6.45, 7) is 0. The van der Waals surface area contributed by atoms with E-state index in [0.717, 1.165) is 16.3 Å². The molecule has 0 saturated carbocycles. The van der Waals surface area contributed by atoms with Gasteiger partial charge in [0.15, 0.2) is 0 Å². The highest BCUT2D eigenvalue weighted by Gasteiger charge is 2.05. The summed E-state index contributed by atoms with van der Waals surface area (Å²) in [6, 6.07) is 18.7. The monoisotopic (exact) mass is 302 g/mol. The number of hydrazone groups is 1. The Hall–Kier alpha value is -3.41. The molecule has 0 radical (unpaired) electrons. The molecule has 0 atom stereocenters. The van der Waals surface area contributed by atoms with E-state index < -0.39 is 0 Å². The van der Waals surface area contributed by atoms with E-state index in [1.54, 1.807) is 6.21 Å². The van der Waals surface area contributed by atoms with Gasteiger partial charge in [0, 0.05) is 5.56 Å². The van der Waals surface area contributed by atoms with Crippen molar-refractivity contribution in [2.75, 3.05) is 11.3 Å². The quantitative estimate of drug-likeness (QED) is 0.264. The number of aromatic nitrogens is 3. The van der Waals surface area contributed by atoms with Crippen LogP contribution in [0.2, 0.25) is 0 Å². The fraction of sp³-hybridized carbons (Fsp3) is 0. The predicted octanol–water partition coefficient (Wildman–Crippen LogP) is 2.74. The van der Waals surface area contributed by atoms with Crippen molar-refractivity contribution in [3.05, 3.63) is 66.5 Å². The van der Waals surface area contributed by atoms with E-state index in [2.05, 4.69) is 51.1 Å². The first-order chi connectivity index (χ1) is 11.3. The normalized spacial score (nSPS) is 11.5. The molecule has 0 saturated heterocycles. The lowest BCUT2D eigenvalue weighted by Gasteiger charge is -2.07. The Morgan fingerprint density at radius 3 is 2.26 bits per heavy atom. The van der Waals surface area contributed by atoms with Gasteiger partial charge in [0.05, 0.1) is 6.21 Å². The van der Waals surface area contributed by atoms with E-state index in [-0.39, 0.29) is 0 Å². The van der Waals surface area contributed by atoms with Crippen LogP contribution in [0.15, 0.2) is 66.0 Å². The smallest absolute Gasteiger partial charge is 0.263 e. The van der Waals surface area contributed by atoms with Gasteiger partial charge in [0.25, 0.3) is 5.95 Å². The highest BCUT2D eigenvalue weighted by atomic mass is 15.5. The fourth-order valence-corrected chi connectivity index (χ4v) is 2.67. The number of nitrogens with zero attached hydrogens (tertiary/aromatic N) is 4. The van der Waals surface area contributed by atoms with Crippen LogP contribution in [0.5, 0.6) is 0 Å². The number of nitrogens with two attached hydrogens (primary N) is 1. The zero-order valence-corrected chi connectivity index (χ0v) is 12.2. The maximum atomic E-state index is 5.66. The summed E-state index contributed by atoms with van der Waals surface area (Å²) in [5.74, 6) is 6.04. The van der Waals surface area contributed by atoms with Crippen LogP contribution in [0.4, 0.5) is 5.95 Å². The molecular formula is C17H14N6. The number of nitrogens with one attached hydrogen (secondary N) is 1. The number of nitrogen functional groups attached to an aromatic ring is 1. The van der Waals surface area contributed by atoms with Gasteiger partial charge in [-0.15, -0.1) is 10.2 Å². The molecule has 3 aromatic carbocycles. The Morgan fingerprint density at radius 2 is 1.65 bits per heavy atom. The minimum atomic E-state index is 0.380. The third kappa shape index (κ3) is 2.36. The Labute approximate surface area is 132 Å². The zero-order chi connectivity index (χ0) is 15.6. The van der Waals surface area contributed by atoms with Crippen LogP contribution in [0.1, 0.15) is 5.56 Å². The topological polar surface area (TPSA) is 81.1 Å². The molecule has 23 heavy (non-hydrogen) atoms. The van der Waals surface area contributed by atoms with Gasteiger partial charge in [-0.25, -0.2) is 10.1 Å². The first-order valence-electron chi connectivity index (χ1n) is 7.17. The Bertz CT molecular complexity index is 964. The molecule has 1 aromatic heterocycles. The number of hydrogen-bond donors (Lipinski definition) is 2. The fourth-order valence-electron chi connectivity index (χ4n) is 2.67. The second-order valence-electron chi connectivity index (χ2n) is 5.16. The molecular weight excluding hydrogens is 288 g/mol. The molecule has 6 nitrogen and oxygen atoms in total. The van der Waals surface area contributed by atoms with Crippen LogP contribution in [0.25, 0.3) is 21.5 Å². The van der Waals surface area contributed by atoms with E-state index in [4.69, 9.17) is 5.84 Å². The number of benzene rings is 3. The van der Waals surface area contributed by atoms with Crippen molar-refractivity contribution in [2.45, 2.75) is 0 Å². The summed E-state index contributed by atoms with van der Waals surface area (Å²) in [5.41, 5.74) is 3.85. The lowest BCUT2D eigenvalue weighted by molar-refractivity contribution is 0.988. The molecule has 0 aliphatic rings. The maximum Gasteiger partial charge on any atom is 0.263 e. The number of fused-ring (bicyclic) bond motifs is 2.